The third kappa shape index (κ3) is 5.29. The maximum absolute atomic E-state index is 13.4. The maximum atomic E-state index is 13.4. The van der Waals surface area contributed by atoms with Crippen molar-refractivity contribution in [3.63, 3.8) is 0 Å². The Morgan fingerprint density at radius 2 is 2.06 bits per heavy atom. The van der Waals surface area contributed by atoms with Crippen LogP contribution >= 0.6 is 0 Å². The van der Waals surface area contributed by atoms with Crippen LogP contribution in [-0.4, -0.2) is 23.1 Å². The zero-order valence-electron chi connectivity index (χ0n) is 11.2. The molecule has 1 aromatic heterocycles. The van der Waals surface area contributed by atoms with Gasteiger partial charge in [-0.25, -0.2) is 4.98 Å². The first-order valence-electron chi connectivity index (χ1n) is 6.67. The highest BCUT2D eigenvalue weighted by atomic mass is 19.1. The molecule has 1 rings (SSSR count). The van der Waals surface area contributed by atoms with Crippen molar-refractivity contribution in [2.24, 2.45) is 0 Å². The Kier molecular flexibility index (Phi) is 7.06. The van der Waals surface area contributed by atoms with E-state index in [1.54, 1.807) is 0 Å². The van der Waals surface area contributed by atoms with E-state index in [0.29, 0.717) is 12.6 Å². The number of halogens is 1. The summed E-state index contributed by atoms with van der Waals surface area (Å²) in [4.78, 5) is 7.87. The van der Waals surface area contributed by atoms with Crippen molar-refractivity contribution in [3.8, 4) is 5.88 Å². The second kappa shape index (κ2) is 8.66. The fourth-order valence-electron chi connectivity index (χ4n) is 1.47. The van der Waals surface area contributed by atoms with Gasteiger partial charge < -0.3 is 10.1 Å². The second-order valence-electron chi connectivity index (χ2n) is 4.18. The van der Waals surface area contributed by atoms with E-state index in [0.717, 1.165) is 32.0 Å². The molecule has 5 heteroatoms. The highest BCUT2D eigenvalue weighted by molar-refractivity contribution is 5.28. The van der Waals surface area contributed by atoms with Gasteiger partial charge in [0.25, 0.3) is 5.88 Å². The molecule has 1 aromatic rings. The van der Waals surface area contributed by atoms with Crippen LogP contribution in [0.4, 0.5) is 10.3 Å². The second-order valence-corrected chi connectivity index (χ2v) is 4.18. The third-order valence-electron chi connectivity index (χ3n) is 2.48. The van der Waals surface area contributed by atoms with Gasteiger partial charge in [0.2, 0.25) is 11.8 Å². The van der Waals surface area contributed by atoms with Crippen molar-refractivity contribution in [2.45, 2.75) is 46.0 Å². The van der Waals surface area contributed by atoms with Crippen molar-refractivity contribution >= 4 is 5.95 Å². The van der Waals surface area contributed by atoms with Crippen LogP contribution in [-0.2, 0) is 0 Å². The summed E-state index contributed by atoms with van der Waals surface area (Å²) in [5.41, 5.74) is 0. The number of hydrogen-bond donors (Lipinski definition) is 1. The van der Waals surface area contributed by atoms with Gasteiger partial charge in [-0.2, -0.15) is 9.37 Å². The lowest BCUT2D eigenvalue weighted by Crippen LogP contribution is -2.07. The van der Waals surface area contributed by atoms with Gasteiger partial charge in [0.05, 0.1) is 12.8 Å². The SMILES string of the molecule is CCCCCCOc1nc(NCCC)ncc1F. The predicted octanol–water partition coefficient (Wildman–Crippen LogP) is 3.40. The number of anilines is 1. The molecule has 18 heavy (non-hydrogen) atoms. The third-order valence-corrected chi connectivity index (χ3v) is 2.48. The Hall–Kier alpha value is -1.39. The average Bonchev–Trinajstić information content (AvgIpc) is 2.39. The van der Waals surface area contributed by atoms with E-state index in [-0.39, 0.29) is 5.88 Å². The summed E-state index contributed by atoms with van der Waals surface area (Å²) in [5.74, 6) is -0.0468. The summed E-state index contributed by atoms with van der Waals surface area (Å²) in [6, 6.07) is 0. The van der Waals surface area contributed by atoms with Crippen LogP contribution in [0.15, 0.2) is 6.20 Å². The van der Waals surface area contributed by atoms with Crippen molar-refractivity contribution in [2.75, 3.05) is 18.5 Å². The standard InChI is InChI=1S/C13H22FN3O/c1-3-5-6-7-9-18-12-11(14)10-16-13(17-12)15-8-4-2/h10H,3-9H2,1-2H3,(H,15,16,17). The van der Waals surface area contributed by atoms with Gasteiger partial charge in [-0.3, -0.25) is 0 Å². The maximum Gasteiger partial charge on any atom is 0.255 e. The van der Waals surface area contributed by atoms with Gasteiger partial charge in [-0.1, -0.05) is 33.1 Å². The molecule has 0 spiro atoms. The van der Waals surface area contributed by atoms with Crippen LogP contribution in [0.25, 0.3) is 0 Å². The van der Waals surface area contributed by atoms with Crippen molar-refractivity contribution in [1.82, 2.24) is 9.97 Å². The summed E-state index contributed by atoms with van der Waals surface area (Å²) in [5, 5.41) is 3.00. The van der Waals surface area contributed by atoms with E-state index in [9.17, 15) is 4.39 Å². The van der Waals surface area contributed by atoms with Crippen molar-refractivity contribution < 1.29 is 9.13 Å². The molecule has 0 aliphatic carbocycles. The number of hydrogen-bond acceptors (Lipinski definition) is 4. The Balaban J connectivity index is 2.42. The average molecular weight is 255 g/mol. The molecule has 0 bridgehead atoms. The molecule has 0 aliphatic rings. The Morgan fingerprint density at radius 3 is 2.78 bits per heavy atom. The molecule has 102 valence electrons. The largest absolute Gasteiger partial charge is 0.475 e. The van der Waals surface area contributed by atoms with Crippen LogP contribution in [0.3, 0.4) is 0 Å². The summed E-state index contributed by atoms with van der Waals surface area (Å²) >= 11 is 0. The molecule has 0 atom stereocenters. The first kappa shape index (κ1) is 14.7. The molecule has 1 heterocycles. The lowest BCUT2D eigenvalue weighted by Gasteiger charge is -2.08. The van der Waals surface area contributed by atoms with E-state index in [2.05, 4.69) is 22.2 Å². The van der Waals surface area contributed by atoms with Gasteiger partial charge in [-0.05, 0) is 12.8 Å². The summed E-state index contributed by atoms with van der Waals surface area (Å²) < 4.78 is 18.7. The van der Waals surface area contributed by atoms with Crippen molar-refractivity contribution in [3.05, 3.63) is 12.0 Å². The zero-order valence-corrected chi connectivity index (χ0v) is 11.2. The highest BCUT2D eigenvalue weighted by Crippen LogP contribution is 2.15. The minimum absolute atomic E-state index is 0.0418. The molecule has 0 aromatic carbocycles. The molecule has 4 nitrogen and oxygen atoms in total. The lowest BCUT2D eigenvalue weighted by molar-refractivity contribution is 0.278. The molecular formula is C13H22FN3O. The number of ether oxygens (including phenoxy) is 1. The van der Waals surface area contributed by atoms with E-state index in [1.807, 2.05) is 6.92 Å². The number of unbranched alkanes of at least 4 members (excludes halogenated alkanes) is 3. The molecule has 0 fully saturated rings. The Bertz CT molecular complexity index is 347. The Morgan fingerprint density at radius 1 is 1.22 bits per heavy atom. The molecule has 0 amide bonds. The first-order valence-corrected chi connectivity index (χ1v) is 6.67. The van der Waals surface area contributed by atoms with Gasteiger partial charge in [0, 0.05) is 6.54 Å². The van der Waals surface area contributed by atoms with E-state index in [4.69, 9.17) is 4.74 Å². The summed E-state index contributed by atoms with van der Waals surface area (Å²) in [6.45, 7) is 5.46. The summed E-state index contributed by atoms with van der Waals surface area (Å²) in [7, 11) is 0. The molecule has 1 N–H and O–H groups in total. The van der Waals surface area contributed by atoms with Crippen molar-refractivity contribution in [1.29, 1.82) is 0 Å². The fourth-order valence-corrected chi connectivity index (χ4v) is 1.47. The van der Waals surface area contributed by atoms with E-state index in [1.165, 1.54) is 12.8 Å². The van der Waals surface area contributed by atoms with Gasteiger partial charge in [0.15, 0.2) is 0 Å². The van der Waals surface area contributed by atoms with Crippen LogP contribution < -0.4 is 10.1 Å². The number of aromatic nitrogens is 2. The lowest BCUT2D eigenvalue weighted by atomic mass is 10.2. The fraction of sp³-hybridized carbons (Fsp3) is 0.692. The van der Waals surface area contributed by atoms with Crippen LogP contribution in [0.5, 0.6) is 5.88 Å². The molecule has 0 aliphatic heterocycles. The number of rotatable bonds is 9. The minimum atomic E-state index is -0.507. The zero-order chi connectivity index (χ0) is 13.2. The van der Waals surface area contributed by atoms with Crippen LogP contribution in [0, 0.1) is 5.82 Å². The molecule has 0 radical (unpaired) electrons. The number of nitrogens with one attached hydrogen (secondary N) is 1. The molecule has 0 unspecified atom stereocenters. The topological polar surface area (TPSA) is 47.0 Å². The van der Waals surface area contributed by atoms with Crippen LogP contribution in [0.1, 0.15) is 46.0 Å². The van der Waals surface area contributed by atoms with Crippen LogP contribution in [0.2, 0.25) is 0 Å². The monoisotopic (exact) mass is 255 g/mol. The first-order chi connectivity index (χ1) is 8.77. The molecule has 0 saturated carbocycles. The summed E-state index contributed by atoms with van der Waals surface area (Å²) in [6.07, 6.45) is 6.49. The minimum Gasteiger partial charge on any atom is -0.475 e. The van der Waals surface area contributed by atoms with Gasteiger partial charge >= 0.3 is 0 Å². The smallest absolute Gasteiger partial charge is 0.255 e. The van der Waals surface area contributed by atoms with Gasteiger partial charge in [-0.15, -0.1) is 0 Å². The quantitative estimate of drug-likeness (QED) is 0.687. The van der Waals surface area contributed by atoms with E-state index < -0.39 is 5.82 Å². The normalized spacial score (nSPS) is 10.4. The van der Waals surface area contributed by atoms with Gasteiger partial charge in [0.1, 0.15) is 0 Å². The highest BCUT2D eigenvalue weighted by Gasteiger charge is 2.07. The van der Waals surface area contributed by atoms with E-state index >= 15 is 0 Å². The molecule has 0 saturated heterocycles. The number of nitrogens with zero attached hydrogens (tertiary/aromatic N) is 2. The Labute approximate surface area is 108 Å². The molecular weight excluding hydrogens is 233 g/mol. The predicted molar refractivity (Wildman–Crippen MR) is 70.4 cm³/mol.